The van der Waals surface area contributed by atoms with Gasteiger partial charge < -0.3 is 10.6 Å². The lowest BCUT2D eigenvalue weighted by Gasteiger charge is -2.24. The number of nitrogens with one attached hydrogen (secondary N) is 2. The summed E-state index contributed by atoms with van der Waals surface area (Å²) in [6, 6.07) is 9.34. The second kappa shape index (κ2) is 5.55. The second-order valence-corrected chi connectivity index (χ2v) is 4.97. The predicted molar refractivity (Wildman–Crippen MR) is 76.4 cm³/mol. The van der Waals surface area contributed by atoms with E-state index in [9.17, 15) is 18.4 Å². The van der Waals surface area contributed by atoms with Crippen LogP contribution in [-0.4, -0.2) is 17.9 Å². The Labute approximate surface area is 125 Å². The molecule has 1 aliphatic rings. The van der Waals surface area contributed by atoms with Gasteiger partial charge >= 0.3 is 0 Å². The third-order valence-electron chi connectivity index (χ3n) is 3.52. The van der Waals surface area contributed by atoms with Gasteiger partial charge in [0.25, 0.3) is 5.91 Å². The Kier molecular flexibility index (Phi) is 3.58. The van der Waals surface area contributed by atoms with Gasteiger partial charge in [0.15, 0.2) is 0 Å². The number of para-hydroxylation sites is 1. The normalized spacial score (nSPS) is 16.6. The fraction of sp³-hybridized carbons (Fsp3) is 0.125. The van der Waals surface area contributed by atoms with Crippen LogP contribution in [0.25, 0.3) is 0 Å². The number of hydrogen-bond acceptors (Lipinski definition) is 2. The van der Waals surface area contributed by atoms with Gasteiger partial charge in [-0.15, -0.1) is 0 Å². The first-order valence-electron chi connectivity index (χ1n) is 6.70. The van der Waals surface area contributed by atoms with Crippen LogP contribution in [0.3, 0.4) is 0 Å². The van der Waals surface area contributed by atoms with Gasteiger partial charge in [0.2, 0.25) is 5.91 Å². The van der Waals surface area contributed by atoms with E-state index in [-0.39, 0.29) is 12.3 Å². The fourth-order valence-electron chi connectivity index (χ4n) is 2.41. The minimum absolute atomic E-state index is 0.268. The van der Waals surface area contributed by atoms with Crippen LogP contribution < -0.4 is 10.6 Å². The van der Waals surface area contributed by atoms with Crippen LogP contribution in [0.1, 0.15) is 15.9 Å². The lowest BCUT2D eigenvalue weighted by molar-refractivity contribution is -0.118. The van der Waals surface area contributed by atoms with Gasteiger partial charge in [-0.3, -0.25) is 9.59 Å². The molecule has 0 saturated carbocycles. The summed E-state index contributed by atoms with van der Waals surface area (Å²) in [7, 11) is 0. The van der Waals surface area contributed by atoms with E-state index in [2.05, 4.69) is 10.6 Å². The van der Waals surface area contributed by atoms with Crippen molar-refractivity contribution in [2.45, 2.75) is 12.5 Å². The Bertz CT molecular complexity index is 741. The van der Waals surface area contributed by atoms with Crippen molar-refractivity contribution in [1.82, 2.24) is 5.32 Å². The summed E-state index contributed by atoms with van der Waals surface area (Å²) in [5, 5.41) is 4.73. The lowest BCUT2D eigenvalue weighted by Crippen LogP contribution is -2.48. The summed E-state index contributed by atoms with van der Waals surface area (Å²) in [5.41, 5.74) is 0.713. The fourth-order valence-corrected chi connectivity index (χ4v) is 2.41. The molecule has 2 aromatic rings. The monoisotopic (exact) mass is 302 g/mol. The Balaban J connectivity index is 1.81. The molecule has 1 unspecified atom stereocenters. The molecule has 1 aliphatic heterocycles. The number of halogens is 2. The van der Waals surface area contributed by atoms with Crippen LogP contribution in [0.2, 0.25) is 0 Å². The van der Waals surface area contributed by atoms with Gasteiger partial charge in [-0.05, 0) is 23.8 Å². The van der Waals surface area contributed by atoms with Gasteiger partial charge in [-0.1, -0.05) is 24.3 Å². The number of benzene rings is 2. The molecule has 22 heavy (non-hydrogen) atoms. The maximum absolute atomic E-state index is 13.6. The van der Waals surface area contributed by atoms with E-state index in [1.54, 1.807) is 24.3 Å². The highest BCUT2D eigenvalue weighted by atomic mass is 19.1. The Morgan fingerprint density at radius 1 is 1.09 bits per heavy atom. The van der Waals surface area contributed by atoms with E-state index in [0.29, 0.717) is 5.56 Å². The molecule has 3 rings (SSSR count). The quantitative estimate of drug-likeness (QED) is 0.894. The Morgan fingerprint density at radius 3 is 2.50 bits per heavy atom. The number of rotatable bonds is 2. The highest BCUT2D eigenvalue weighted by molar-refractivity contribution is 6.03. The first-order valence-corrected chi connectivity index (χ1v) is 6.70. The molecule has 4 nitrogen and oxygen atoms in total. The molecular formula is C16H12F2N2O2. The topological polar surface area (TPSA) is 58.2 Å². The minimum atomic E-state index is -0.874. The molecule has 2 N–H and O–H groups in total. The van der Waals surface area contributed by atoms with Crippen LogP contribution >= 0.6 is 0 Å². The zero-order valence-corrected chi connectivity index (χ0v) is 11.4. The minimum Gasteiger partial charge on any atom is -0.340 e. The third-order valence-corrected chi connectivity index (χ3v) is 3.52. The van der Waals surface area contributed by atoms with Crippen LogP contribution in [0.5, 0.6) is 0 Å². The van der Waals surface area contributed by atoms with Gasteiger partial charge in [0.05, 0.1) is 0 Å². The highest BCUT2D eigenvalue weighted by Crippen LogP contribution is 2.20. The molecular weight excluding hydrogens is 290 g/mol. The van der Waals surface area contributed by atoms with E-state index in [1.807, 2.05) is 0 Å². The molecule has 0 radical (unpaired) electrons. The van der Waals surface area contributed by atoms with Crippen molar-refractivity contribution in [3.63, 3.8) is 0 Å². The summed E-state index contributed by atoms with van der Waals surface area (Å²) in [6.45, 7) is 0. The number of carbonyl (C=O) groups excluding carboxylic acids is 2. The smallest absolute Gasteiger partial charge is 0.252 e. The Morgan fingerprint density at radius 2 is 1.77 bits per heavy atom. The van der Waals surface area contributed by atoms with Crippen molar-refractivity contribution in [2.24, 2.45) is 0 Å². The van der Waals surface area contributed by atoms with Crippen molar-refractivity contribution in [3.05, 3.63) is 65.2 Å². The van der Waals surface area contributed by atoms with Crippen molar-refractivity contribution in [2.75, 3.05) is 5.32 Å². The molecule has 0 saturated heterocycles. The summed E-state index contributed by atoms with van der Waals surface area (Å²) in [4.78, 5) is 24.1. The number of carbonyl (C=O) groups is 2. The molecule has 112 valence electrons. The number of fused-ring (bicyclic) bond motifs is 1. The first-order chi connectivity index (χ1) is 10.6. The molecule has 0 fully saturated rings. The molecule has 2 amide bonds. The first kappa shape index (κ1) is 14.2. The molecule has 0 spiro atoms. The Hall–Kier alpha value is -2.76. The van der Waals surface area contributed by atoms with Crippen LogP contribution in [0.15, 0.2) is 42.5 Å². The maximum atomic E-state index is 13.6. The average molecular weight is 302 g/mol. The zero-order valence-electron chi connectivity index (χ0n) is 11.4. The van der Waals surface area contributed by atoms with E-state index in [0.717, 1.165) is 17.7 Å². The summed E-state index contributed by atoms with van der Waals surface area (Å²) < 4.78 is 27.1. The molecule has 6 heteroatoms. The van der Waals surface area contributed by atoms with Gasteiger partial charge in [-0.2, -0.15) is 0 Å². The zero-order chi connectivity index (χ0) is 15.7. The molecule has 1 atom stereocenters. The lowest BCUT2D eigenvalue weighted by atomic mass is 9.95. The SMILES string of the molecule is O=C1NC(C(=O)Nc2c(F)cccc2F)Cc2ccccc21. The van der Waals surface area contributed by atoms with E-state index >= 15 is 0 Å². The third kappa shape index (κ3) is 2.55. The van der Waals surface area contributed by atoms with Gasteiger partial charge in [0, 0.05) is 12.0 Å². The van der Waals surface area contributed by atoms with Crippen LogP contribution in [0, 0.1) is 11.6 Å². The van der Waals surface area contributed by atoms with Crippen molar-refractivity contribution >= 4 is 17.5 Å². The highest BCUT2D eigenvalue weighted by Gasteiger charge is 2.29. The van der Waals surface area contributed by atoms with Gasteiger partial charge in [-0.25, -0.2) is 8.78 Å². The molecule has 0 aliphatic carbocycles. The summed E-state index contributed by atoms with van der Waals surface area (Å²) in [5.74, 6) is -2.77. The molecule has 0 aromatic heterocycles. The van der Waals surface area contributed by atoms with E-state index in [1.165, 1.54) is 6.07 Å². The molecule has 2 aromatic carbocycles. The number of hydrogen-bond donors (Lipinski definition) is 2. The van der Waals surface area contributed by atoms with Crippen LogP contribution in [-0.2, 0) is 11.2 Å². The summed E-state index contributed by atoms with van der Waals surface area (Å²) >= 11 is 0. The maximum Gasteiger partial charge on any atom is 0.252 e. The predicted octanol–water partition coefficient (Wildman–Crippen LogP) is 2.26. The van der Waals surface area contributed by atoms with Crippen molar-refractivity contribution < 1.29 is 18.4 Å². The van der Waals surface area contributed by atoms with E-state index < -0.39 is 29.3 Å². The number of amides is 2. The molecule has 0 bridgehead atoms. The molecule has 1 heterocycles. The second-order valence-electron chi connectivity index (χ2n) is 4.97. The average Bonchev–Trinajstić information content (AvgIpc) is 2.51. The summed E-state index contributed by atoms with van der Waals surface area (Å²) in [6.07, 6.45) is 0.268. The van der Waals surface area contributed by atoms with E-state index in [4.69, 9.17) is 0 Å². The van der Waals surface area contributed by atoms with Gasteiger partial charge in [0.1, 0.15) is 23.4 Å². The van der Waals surface area contributed by atoms with Crippen molar-refractivity contribution in [1.29, 1.82) is 0 Å². The standard InChI is InChI=1S/C16H12F2N2O2/c17-11-6-3-7-12(18)14(11)20-16(22)13-8-9-4-1-2-5-10(9)15(21)19-13/h1-7,13H,8H2,(H,19,21)(H,20,22). The number of anilines is 1. The largest absolute Gasteiger partial charge is 0.340 e. The van der Waals surface area contributed by atoms with Crippen molar-refractivity contribution in [3.8, 4) is 0 Å². The van der Waals surface area contributed by atoms with Crippen LogP contribution in [0.4, 0.5) is 14.5 Å².